The van der Waals surface area contributed by atoms with Crippen LogP contribution in [-0.2, 0) is 6.54 Å². The second-order valence-electron chi connectivity index (χ2n) is 4.70. The molecule has 0 heterocycles. The van der Waals surface area contributed by atoms with Gasteiger partial charge in [0.15, 0.2) is 11.5 Å². The summed E-state index contributed by atoms with van der Waals surface area (Å²) >= 11 is 0. The molecule has 0 aliphatic rings. The van der Waals surface area contributed by atoms with Crippen LogP contribution >= 0.6 is 0 Å². The van der Waals surface area contributed by atoms with Crippen molar-refractivity contribution in [2.75, 3.05) is 5.32 Å². The number of hydrogen-bond donors (Lipinski definition) is 3. The smallest absolute Gasteiger partial charge is 0.162 e. The molecule has 3 heteroatoms. The number of rotatable bonds is 3. The summed E-state index contributed by atoms with van der Waals surface area (Å²) in [7, 11) is 0. The fourth-order valence-corrected chi connectivity index (χ4v) is 2.22. The number of nitrogens with one attached hydrogen (secondary N) is 1. The van der Waals surface area contributed by atoms with E-state index >= 15 is 0 Å². The van der Waals surface area contributed by atoms with Crippen LogP contribution in [0.15, 0.2) is 60.7 Å². The lowest BCUT2D eigenvalue weighted by atomic mass is 10.1. The first-order chi connectivity index (χ1) is 9.74. The Bertz CT molecular complexity index is 753. The first-order valence-corrected chi connectivity index (χ1v) is 6.46. The van der Waals surface area contributed by atoms with E-state index in [1.807, 2.05) is 18.2 Å². The van der Waals surface area contributed by atoms with Gasteiger partial charge in [0, 0.05) is 17.8 Å². The Balaban J connectivity index is 1.81. The molecule has 0 aliphatic carbocycles. The summed E-state index contributed by atoms with van der Waals surface area (Å²) in [6, 6.07) is 19.2. The van der Waals surface area contributed by atoms with Crippen LogP contribution in [0.25, 0.3) is 10.8 Å². The standard InChI is InChI=1S/C17H15NO2/c19-16-7-3-6-14(17(16)20)11-18-15-9-8-12-4-1-2-5-13(12)10-15/h1-10,18-20H,11H2. The van der Waals surface area contributed by atoms with Crippen molar-refractivity contribution in [2.24, 2.45) is 0 Å². The van der Waals surface area contributed by atoms with Crippen LogP contribution in [0.4, 0.5) is 5.69 Å². The van der Waals surface area contributed by atoms with Gasteiger partial charge in [0.25, 0.3) is 0 Å². The van der Waals surface area contributed by atoms with Crippen LogP contribution in [0.3, 0.4) is 0 Å². The molecule has 3 aromatic rings. The molecule has 0 radical (unpaired) electrons. The summed E-state index contributed by atoms with van der Waals surface area (Å²) in [5.41, 5.74) is 1.64. The Labute approximate surface area is 117 Å². The molecule has 0 fully saturated rings. The van der Waals surface area contributed by atoms with Crippen molar-refractivity contribution in [3.05, 3.63) is 66.2 Å². The minimum absolute atomic E-state index is 0.0687. The van der Waals surface area contributed by atoms with Crippen LogP contribution in [-0.4, -0.2) is 10.2 Å². The second kappa shape index (κ2) is 5.13. The van der Waals surface area contributed by atoms with E-state index in [-0.39, 0.29) is 11.5 Å². The normalized spacial score (nSPS) is 10.6. The average Bonchev–Trinajstić information content (AvgIpc) is 2.48. The highest BCUT2D eigenvalue weighted by Crippen LogP contribution is 2.29. The highest BCUT2D eigenvalue weighted by atomic mass is 16.3. The summed E-state index contributed by atoms with van der Waals surface area (Å²) in [5.74, 6) is -0.163. The number of benzene rings is 3. The Hall–Kier alpha value is -2.68. The number of aromatic hydroxyl groups is 2. The van der Waals surface area contributed by atoms with E-state index in [2.05, 4.69) is 29.6 Å². The van der Waals surface area contributed by atoms with Crippen molar-refractivity contribution in [2.45, 2.75) is 6.54 Å². The van der Waals surface area contributed by atoms with Crippen molar-refractivity contribution in [3.8, 4) is 11.5 Å². The SMILES string of the molecule is Oc1cccc(CNc2ccc3ccccc3c2)c1O. The van der Waals surface area contributed by atoms with Crippen molar-refractivity contribution in [3.63, 3.8) is 0 Å². The van der Waals surface area contributed by atoms with Crippen molar-refractivity contribution in [1.82, 2.24) is 0 Å². The lowest BCUT2D eigenvalue weighted by Crippen LogP contribution is -1.99. The van der Waals surface area contributed by atoms with E-state index in [9.17, 15) is 10.2 Å². The zero-order valence-corrected chi connectivity index (χ0v) is 10.9. The summed E-state index contributed by atoms with van der Waals surface area (Å²) < 4.78 is 0. The fraction of sp³-hybridized carbons (Fsp3) is 0.0588. The average molecular weight is 265 g/mol. The molecule has 3 nitrogen and oxygen atoms in total. The van der Waals surface area contributed by atoms with Gasteiger partial charge in [0.1, 0.15) is 0 Å². The van der Waals surface area contributed by atoms with Gasteiger partial charge in [-0.2, -0.15) is 0 Å². The third-order valence-electron chi connectivity index (χ3n) is 3.33. The first-order valence-electron chi connectivity index (χ1n) is 6.46. The minimum Gasteiger partial charge on any atom is -0.504 e. The number of phenolic OH excluding ortho intramolecular Hbond substituents is 2. The first kappa shape index (κ1) is 12.4. The molecule has 0 aromatic heterocycles. The molecule has 0 bridgehead atoms. The maximum absolute atomic E-state index is 9.76. The molecular weight excluding hydrogens is 250 g/mol. The molecule has 3 N–H and O–H groups in total. The zero-order chi connectivity index (χ0) is 13.9. The summed E-state index contributed by atoms with van der Waals surface area (Å²) in [6.07, 6.45) is 0. The largest absolute Gasteiger partial charge is 0.504 e. The van der Waals surface area contributed by atoms with Gasteiger partial charge in [0.2, 0.25) is 0 Å². The molecule has 0 spiro atoms. The lowest BCUT2D eigenvalue weighted by Gasteiger charge is -2.10. The van der Waals surface area contributed by atoms with Crippen LogP contribution in [0, 0.1) is 0 Å². The van der Waals surface area contributed by atoms with Gasteiger partial charge < -0.3 is 15.5 Å². The molecule has 0 amide bonds. The highest BCUT2D eigenvalue weighted by Gasteiger charge is 2.05. The number of fused-ring (bicyclic) bond motifs is 1. The number of para-hydroxylation sites is 1. The van der Waals surface area contributed by atoms with Gasteiger partial charge >= 0.3 is 0 Å². The molecule has 0 aliphatic heterocycles. The van der Waals surface area contributed by atoms with Crippen LogP contribution in [0.5, 0.6) is 11.5 Å². The third kappa shape index (κ3) is 2.38. The number of anilines is 1. The van der Waals surface area contributed by atoms with Gasteiger partial charge in [-0.25, -0.2) is 0 Å². The van der Waals surface area contributed by atoms with Gasteiger partial charge in [-0.15, -0.1) is 0 Å². The van der Waals surface area contributed by atoms with Crippen LogP contribution < -0.4 is 5.32 Å². The Kier molecular flexibility index (Phi) is 3.17. The van der Waals surface area contributed by atoms with E-state index in [4.69, 9.17) is 0 Å². The van der Waals surface area contributed by atoms with Gasteiger partial charge in [-0.05, 0) is 29.0 Å². The molecule has 20 heavy (non-hydrogen) atoms. The van der Waals surface area contributed by atoms with E-state index < -0.39 is 0 Å². The van der Waals surface area contributed by atoms with Crippen LogP contribution in [0.1, 0.15) is 5.56 Å². The highest BCUT2D eigenvalue weighted by molar-refractivity contribution is 5.85. The van der Waals surface area contributed by atoms with Gasteiger partial charge in [0.05, 0.1) is 0 Å². The Morgan fingerprint density at radius 2 is 1.60 bits per heavy atom. The zero-order valence-electron chi connectivity index (χ0n) is 10.9. The predicted octanol–water partition coefficient (Wildman–Crippen LogP) is 3.86. The molecule has 0 atom stereocenters. The predicted molar refractivity (Wildman–Crippen MR) is 81.0 cm³/mol. The molecule has 3 rings (SSSR count). The van der Waals surface area contributed by atoms with Gasteiger partial charge in [-0.3, -0.25) is 0 Å². The number of hydrogen-bond acceptors (Lipinski definition) is 3. The molecule has 0 saturated carbocycles. The summed E-state index contributed by atoms with van der Waals surface area (Å²) in [4.78, 5) is 0. The van der Waals surface area contributed by atoms with Crippen LogP contribution in [0.2, 0.25) is 0 Å². The summed E-state index contributed by atoms with van der Waals surface area (Å²) in [5, 5.41) is 24.8. The van der Waals surface area contributed by atoms with Crippen molar-refractivity contribution in [1.29, 1.82) is 0 Å². The minimum atomic E-state index is -0.0946. The fourth-order valence-electron chi connectivity index (χ4n) is 2.22. The topological polar surface area (TPSA) is 52.5 Å². The maximum atomic E-state index is 9.76. The van der Waals surface area contributed by atoms with E-state index in [0.717, 1.165) is 11.1 Å². The molecule has 3 aromatic carbocycles. The van der Waals surface area contributed by atoms with E-state index in [1.165, 1.54) is 11.5 Å². The van der Waals surface area contributed by atoms with Crippen molar-refractivity contribution >= 4 is 16.5 Å². The molecule has 0 saturated heterocycles. The van der Waals surface area contributed by atoms with E-state index in [0.29, 0.717) is 12.1 Å². The lowest BCUT2D eigenvalue weighted by molar-refractivity contribution is 0.400. The maximum Gasteiger partial charge on any atom is 0.162 e. The van der Waals surface area contributed by atoms with Gasteiger partial charge in [-0.1, -0.05) is 42.5 Å². The molecule has 100 valence electrons. The summed E-state index contributed by atoms with van der Waals surface area (Å²) in [6.45, 7) is 0.457. The molecular formula is C17H15NO2. The monoisotopic (exact) mass is 265 g/mol. The quantitative estimate of drug-likeness (QED) is 0.630. The third-order valence-corrected chi connectivity index (χ3v) is 3.33. The second-order valence-corrected chi connectivity index (χ2v) is 4.70. The molecule has 0 unspecified atom stereocenters. The van der Waals surface area contributed by atoms with E-state index in [1.54, 1.807) is 12.1 Å². The Morgan fingerprint density at radius 3 is 2.45 bits per heavy atom. The Morgan fingerprint density at radius 1 is 0.800 bits per heavy atom. The number of phenols is 2. The van der Waals surface area contributed by atoms with Crippen molar-refractivity contribution < 1.29 is 10.2 Å².